The average Bonchev–Trinajstić information content (AvgIpc) is 2.14. The molecular formula is C10H14N2O4S. The van der Waals surface area contributed by atoms with Gasteiger partial charge in [-0.15, -0.1) is 0 Å². The fourth-order valence-electron chi connectivity index (χ4n) is 1.43. The van der Waals surface area contributed by atoms with Gasteiger partial charge in [-0.3, -0.25) is 14.8 Å². The van der Waals surface area contributed by atoms with Crippen molar-refractivity contribution in [2.45, 2.75) is 19.8 Å². The van der Waals surface area contributed by atoms with Gasteiger partial charge in [0.15, 0.2) is 0 Å². The number of nitro benzene ring substituents is 1. The Labute approximate surface area is 99.9 Å². The molecule has 0 saturated heterocycles. The molecule has 7 heteroatoms. The van der Waals surface area contributed by atoms with Crippen molar-refractivity contribution in [3.8, 4) is 0 Å². The minimum absolute atomic E-state index is 0.0147. The third-order valence-corrected chi connectivity index (χ3v) is 2.75. The van der Waals surface area contributed by atoms with Crippen molar-refractivity contribution in [2.75, 3.05) is 11.0 Å². The zero-order valence-corrected chi connectivity index (χ0v) is 10.6. The largest absolute Gasteiger partial charge is 0.283 e. The van der Waals surface area contributed by atoms with Crippen LogP contribution in [-0.4, -0.2) is 19.6 Å². The van der Waals surface area contributed by atoms with Crippen molar-refractivity contribution in [2.24, 2.45) is 0 Å². The van der Waals surface area contributed by atoms with Crippen molar-refractivity contribution in [3.05, 3.63) is 33.9 Å². The van der Waals surface area contributed by atoms with E-state index in [-0.39, 0.29) is 11.6 Å². The standard InChI is InChI=1S/C10H14N2O4S/c1-7(2)9-6-8(12(13)14)4-5-10(9)11-17(3,15)16/h4-7,11H,1-3H3. The van der Waals surface area contributed by atoms with E-state index >= 15 is 0 Å². The maximum Gasteiger partial charge on any atom is 0.269 e. The summed E-state index contributed by atoms with van der Waals surface area (Å²) < 4.78 is 24.6. The molecule has 0 aliphatic rings. The van der Waals surface area contributed by atoms with Crippen LogP contribution in [0.25, 0.3) is 0 Å². The summed E-state index contributed by atoms with van der Waals surface area (Å²) in [5.41, 5.74) is 0.936. The highest BCUT2D eigenvalue weighted by atomic mass is 32.2. The molecule has 0 aliphatic carbocycles. The van der Waals surface area contributed by atoms with E-state index in [1.807, 2.05) is 13.8 Å². The second-order valence-electron chi connectivity index (χ2n) is 4.06. The first-order chi connectivity index (χ1) is 7.70. The summed E-state index contributed by atoms with van der Waals surface area (Å²) in [4.78, 5) is 10.1. The number of nitrogens with zero attached hydrogens (tertiary/aromatic N) is 1. The Hall–Kier alpha value is -1.63. The maximum absolute atomic E-state index is 11.1. The van der Waals surface area contributed by atoms with Crippen molar-refractivity contribution in [1.29, 1.82) is 0 Å². The van der Waals surface area contributed by atoms with Gasteiger partial charge in [0.25, 0.3) is 5.69 Å². The van der Waals surface area contributed by atoms with Gasteiger partial charge >= 0.3 is 0 Å². The van der Waals surface area contributed by atoms with Gasteiger partial charge in [-0.2, -0.15) is 0 Å². The normalized spacial score (nSPS) is 11.5. The number of rotatable bonds is 4. The molecule has 0 aliphatic heterocycles. The molecule has 1 aromatic rings. The fraction of sp³-hybridized carbons (Fsp3) is 0.400. The van der Waals surface area contributed by atoms with Crippen LogP contribution in [0.2, 0.25) is 0 Å². The Kier molecular flexibility index (Phi) is 3.72. The first-order valence-corrected chi connectivity index (χ1v) is 6.86. The zero-order chi connectivity index (χ0) is 13.2. The molecule has 0 aromatic heterocycles. The summed E-state index contributed by atoms with van der Waals surface area (Å²) in [6.07, 6.45) is 1.04. The molecule has 0 heterocycles. The van der Waals surface area contributed by atoms with Gasteiger partial charge in [-0.25, -0.2) is 8.42 Å². The summed E-state index contributed by atoms with van der Waals surface area (Å²) in [5, 5.41) is 10.6. The molecule has 1 rings (SSSR count). The Morgan fingerprint density at radius 2 is 1.94 bits per heavy atom. The van der Waals surface area contributed by atoms with Crippen LogP contribution in [0.3, 0.4) is 0 Å². The van der Waals surface area contributed by atoms with Crippen molar-refractivity contribution < 1.29 is 13.3 Å². The topological polar surface area (TPSA) is 89.3 Å². The molecule has 0 unspecified atom stereocenters. The molecule has 1 aromatic carbocycles. The van der Waals surface area contributed by atoms with Crippen LogP contribution >= 0.6 is 0 Å². The molecule has 6 nitrogen and oxygen atoms in total. The lowest BCUT2D eigenvalue weighted by molar-refractivity contribution is -0.384. The van der Waals surface area contributed by atoms with Crippen LogP contribution in [0.15, 0.2) is 18.2 Å². The number of benzene rings is 1. The lowest BCUT2D eigenvalue weighted by atomic mass is 10.0. The average molecular weight is 258 g/mol. The summed E-state index contributed by atoms with van der Waals surface area (Å²) in [6, 6.07) is 4.08. The van der Waals surface area contributed by atoms with E-state index in [1.54, 1.807) is 0 Å². The SMILES string of the molecule is CC(C)c1cc([N+](=O)[O-])ccc1NS(C)(=O)=O. The molecule has 94 valence electrons. The zero-order valence-electron chi connectivity index (χ0n) is 9.80. The Balaban J connectivity index is 3.27. The molecule has 0 bridgehead atoms. The van der Waals surface area contributed by atoms with Gasteiger partial charge in [-0.05, 0) is 17.5 Å². The van der Waals surface area contributed by atoms with Crippen molar-refractivity contribution >= 4 is 21.4 Å². The number of nitrogens with one attached hydrogen (secondary N) is 1. The number of sulfonamides is 1. The van der Waals surface area contributed by atoms with Crippen LogP contribution in [0.4, 0.5) is 11.4 Å². The van der Waals surface area contributed by atoms with Crippen LogP contribution in [0.5, 0.6) is 0 Å². The molecular weight excluding hydrogens is 244 g/mol. The van der Waals surface area contributed by atoms with E-state index in [1.165, 1.54) is 18.2 Å². The highest BCUT2D eigenvalue weighted by Gasteiger charge is 2.15. The molecule has 1 N–H and O–H groups in total. The number of non-ortho nitro benzene ring substituents is 1. The number of hydrogen-bond acceptors (Lipinski definition) is 4. The lowest BCUT2D eigenvalue weighted by Crippen LogP contribution is -2.12. The highest BCUT2D eigenvalue weighted by molar-refractivity contribution is 7.92. The smallest absolute Gasteiger partial charge is 0.269 e. The molecule has 0 amide bonds. The molecule has 0 spiro atoms. The molecule has 0 fully saturated rings. The summed E-state index contributed by atoms with van der Waals surface area (Å²) in [6.45, 7) is 3.68. The van der Waals surface area contributed by atoms with Gasteiger partial charge < -0.3 is 0 Å². The number of nitro groups is 1. The van der Waals surface area contributed by atoms with Gasteiger partial charge in [-0.1, -0.05) is 13.8 Å². The van der Waals surface area contributed by atoms with Gasteiger partial charge in [0.1, 0.15) is 0 Å². The molecule has 0 atom stereocenters. The highest BCUT2D eigenvalue weighted by Crippen LogP contribution is 2.28. The first-order valence-electron chi connectivity index (χ1n) is 4.97. The van der Waals surface area contributed by atoms with E-state index in [2.05, 4.69) is 4.72 Å². The quantitative estimate of drug-likeness (QED) is 0.661. The van der Waals surface area contributed by atoms with Crippen LogP contribution < -0.4 is 4.72 Å². The van der Waals surface area contributed by atoms with Crippen molar-refractivity contribution in [3.63, 3.8) is 0 Å². The van der Waals surface area contributed by atoms with E-state index in [9.17, 15) is 18.5 Å². The van der Waals surface area contributed by atoms with E-state index in [4.69, 9.17) is 0 Å². The summed E-state index contributed by atoms with van der Waals surface area (Å²) in [5.74, 6) is -0.0147. The first kappa shape index (κ1) is 13.4. The molecule has 17 heavy (non-hydrogen) atoms. The van der Waals surface area contributed by atoms with Crippen LogP contribution in [-0.2, 0) is 10.0 Å². The Bertz CT molecular complexity index is 537. The predicted molar refractivity (Wildman–Crippen MR) is 65.7 cm³/mol. The van der Waals surface area contributed by atoms with Gasteiger partial charge in [0.2, 0.25) is 10.0 Å². The van der Waals surface area contributed by atoms with Gasteiger partial charge in [0, 0.05) is 12.1 Å². The molecule has 0 saturated carbocycles. The fourth-order valence-corrected chi connectivity index (χ4v) is 2.02. The maximum atomic E-state index is 11.1. The van der Waals surface area contributed by atoms with Crippen LogP contribution in [0.1, 0.15) is 25.3 Å². The lowest BCUT2D eigenvalue weighted by Gasteiger charge is -2.13. The van der Waals surface area contributed by atoms with Crippen molar-refractivity contribution in [1.82, 2.24) is 0 Å². The Morgan fingerprint density at radius 3 is 2.35 bits per heavy atom. The monoisotopic (exact) mass is 258 g/mol. The van der Waals surface area contributed by atoms with Crippen LogP contribution in [0, 0.1) is 10.1 Å². The summed E-state index contributed by atoms with van der Waals surface area (Å²) in [7, 11) is -3.39. The van der Waals surface area contributed by atoms with E-state index < -0.39 is 14.9 Å². The van der Waals surface area contributed by atoms with E-state index in [0.29, 0.717) is 11.3 Å². The number of anilines is 1. The van der Waals surface area contributed by atoms with E-state index in [0.717, 1.165) is 6.26 Å². The minimum atomic E-state index is -3.39. The Morgan fingerprint density at radius 1 is 1.35 bits per heavy atom. The third-order valence-electron chi connectivity index (χ3n) is 2.16. The second-order valence-corrected chi connectivity index (χ2v) is 5.81. The minimum Gasteiger partial charge on any atom is -0.283 e. The third kappa shape index (κ3) is 3.70. The molecule has 0 radical (unpaired) electrons. The number of hydrogen-bond donors (Lipinski definition) is 1. The predicted octanol–water partition coefficient (Wildman–Crippen LogP) is 2.09. The summed E-state index contributed by atoms with van der Waals surface area (Å²) >= 11 is 0. The van der Waals surface area contributed by atoms with Gasteiger partial charge in [0.05, 0.1) is 16.9 Å². The second kappa shape index (κ2) is 4.70.